The molecule has 2 amide bonds. The predicted octanol–water partition coefficient (Wildman–Crippen LogP) is 4.18. The second-order valence-electron chi connectivity index (χ2n) is 5.32. The van der Waals surface area contributed by atoms with Gasteiger partial charge in [0.15, 0.2) is 0 Å². The number of ether oxygens (including phenoxy) is 1. The van der Waals surface area contributed by atoms with E-state index in [1.54, 1.807) is 30.3 Å². The third-order valence-electron chi connectivity index (χ3n) is 3.31. The van der Waals surface area contributed by atoms with Crippen LogP contribution >= 0.6 is 0 Å². The first-order chi connectivity index (χ1) is 12.2. The van der Waals surface area contributed by atoms with Crippen molar-refractivity contribution in [1.82, 2.24) is 5.32 Å². The summed E-state index contributed by atoms with van der Waals surface area (Å²) in [5.41, 5.74) is 0.964. The number of hydrogen-bond donors (Lipinski definition) is 2. The molecule has 0 aromatic heterocycles. The molecule has 0 radical (unpaired) electrons. The fourth-order valence-corrected chi connectivity index (χ4v) is 1.97. The van der Waals surface area contributed by atoms with Crippen LogP contribution < -0.4 is 15.4 Å². The maximum atomic E-state index is 13.4. The summed E-state index contributed by atoms with van der Waals surface area (Å²) in [5, 5.41) is 5.30. The van der Waals surface area contributed by atoms with E-state index in [1.807, 2.05) is 12.1 Å². The summed E-state index contributed by atoms with van der Waals surface area (Å²) < 4.78 is 18.9. The molecule has 0 atom stereocenters. The molecule has 0 heterocycles. The second-order valence-corrected chi connectivity index (χ2v) is 5.32. The normalized spacial score (nSPS) is 9.68. The van der Waals surface area contributed by atoms with E-state index < -0.39 is 0 Å². The predicted molar refractivity (Wildman–Crippen MR) is 97.1 cm³/mol. The Kier molecular flexibility index (Phi) is 7.33. The maximum Gasteiger partial charge on any atom is 0.319 e. The van der Waals surface area contributed by atoms with E-state index in [4.69, 9.17) is 4.74 Å². The van der Waals surface area contributed by atoms with E-state index in [-0.39, 0.29) is 18.4 Å². The fourth-order valence-electron chi connectivity index (χ4n) is 1.97. The number of rotatable bonds is 6. The minimum absolute atomic E-state index is 0.123. The van der Waals surface area contributed by atoms with Crippen LogP contribution in [0.3, 0.4) is 0 Å². The van der Waals surface area contributed by atoms with Crippen LogP contribution in [0.25, 0.3) is 0 Å². The Hall–Kier alpha value is -3.00. The maximum absolute atomic E-state index is 13.4. The molecule has 0 unspecified atom stereocenters. The van der Waals surface area contributed by atoms with Crippen molar-refractivity contribution in [2.45, 2.75) is 19.8 Å². The first-order valence-corrected chi connectivity index (χ1v) is 8.20. The molecule has 0 aliphatic rings. The van der Waals surface area contributed by atoms with Gasteiger partial charge in [-0.05, 0) is 42.8 Å². The van der Waals surface area contributed by atoms with Crippen LogP contribution in [-0.4, -0.2) is 19.2 Å². The van der Waals surface area contributed by atoms with Crippen LogP contribution in [0.4, 0.5) is 14.9 Å². The van der Waals surface area contributed by atoms with Crippen molar-refractivity contribution in [2.75, 3.05) is 18.5 Å². The highest BCUT2D eigenvalue weighted by atomic mass is 19.1. The van der Waals surface area contributed by atoms with Gasteiger partial charge < -0.3 is 15.4 Å². The lowest BCUT2D eigenvalue weighted by atomic mass is 10.2. The summed E-state index contributed by atoms with van der Waals surface area (Å²) in [7, 11) is 0. The van der Waals surface area contributed by atoms with Crippen LogP contribution in [0.2, 0.25) is 0 Å². The summed E-state index contributed by atoms with van der Waals surface area (Å²) in [6.45, 7) is 2.92. The van der Waals surface area contributed by atoms with Crippen molar-refractivity contribution >= 4 is 11.7 Å². The van der Waals surface area contributed by atoms with Crippen LogP contribution in [0.5, 0.6) is 5.75 Å². The fraction of sp³-hybridized carbons (Fsp3) is 0.250. The zero-order valence-corrected chi connectivity index (χ0v) is 14.1. The second kappa shape index (κ2) is 9.99. The van der Waals surface area contributed by atoms with Crippen molar-refractivity contribution in [2.24, 2.45) is 0 Å². The number of amides is 2. The molecular formula is C20H21FN2O2. The molecule has 0 aliphatic carbocycles. The number of nitrogens with one attached hydrogen (secondary N) is 2. The zero-order valence-electron chi connectivity index (χ0n) is 14.1. The Morgan fingerprint density at radius 1 is 1.16 bits per heavy atom. The average molecular weight is 340 g/mol. The highest BCUT2D eigenvalue weighted by molar-refractivity contribution is 5.89. The van der Waals surface area contributed by atoms with E-state index in [1.165, 1.54) is 6.07 Å². The minimum atomic E-state index is -0.374. The summed E-state index contributed by atoms with van der Waals surface area (Å²) in [5.74, 6) is 5.79. The number of halogens is 1. The van der Waals surface area contributed by atoms with Gasteiger partial charge in [0.05, 0.1) is 18.7 Å². The van der Waals surface area contributed by atoms with Crippen molar-refractivity contribution in [1.29, 1.82) is 0 Å². The number of benzene rings is 2. The Labute approximate surface area is 147 Å². The minimum Gasteiger partial charge on any atom is -0.494 e. The van der Waals surface area contributed by atoms with Crippen molar-refractivity contribution in [3.8, 4) is 17.6 Å². The molecule has 0 fully saturated rings. The summed E-state index contributed by atoms with van der Waals surface area (Å²) in [6.07, 6.45) is 2.09. The first-order valence-electron chi connectivity index (χ1n) is 8.20. The van der Waals surface area contributed by atoms with Crippen LogP contribution in [0, 0.1) is 17.7 Å². The Morgan fingerprint density at radius 2 is 1.92 bits per heavy atom. The van der Waals surface area contributed by atoms with E-state index in [9.17, 15) is 9.18 Å². The number of hydrogen-bond acceptors (Lipinski definition) is 2. The average Bonchev–Trinajstić information content (AvgIpc) is 2.62. The van der Waals surface area contributed by atoms with Crippen molar-refractivity contribution in [3.63, 3.8) is 0 Å². The molecule has 2 aromatic rings. The lowest BCUT2D eigenvalue weighted by molar-refractivity contribution is 0.253. The number of carbonyl (C=O) groups is 1. The number of urea groups is 1. The van der Waals surface area contributed by atoms with Crippen molar-refractivity contribution < 1.29 is 13.9 Å². The summed E-state index contributed by atoms with van der Waals surface area (Å²) in [6, 6.07) is 13.0. The number of carbonyl (C=O) groups excluding carboxylic acids is 1. The highest BCUT2D eigenvalue weighted by Crippen LogP contribution is 2.15. The van der Waals surface area contributed by atoms with Gasteiger partial charge in [0.1, 0.15) is 11.6 Å². The molecule has 0 aliphatic heterocycles. The summed E-state index contributed by atoms with van der Waals surface area (Å²) in [4.78, 5) is 11.8. The molecule has 5 heteroatoms. The van der Waals surface area contributed by atoms with Gasteiger partial charge in [-0.1, -0.05) is 37.3 Å². The van der Waals surface area contributed by atoms with Gasteiger partial charge in [0.2, 0.25) is 0 Å². The van der Waals surface area contributed by atoms with Gasteiger partial charge in [0, 0.05) is 5.69 Å². The molecule has 2 aromatic carbocycles. The van der Waals surface area contributed by atoms with Crippen LogP contribution in [0.15, 0.2) is 48.5 Å². The Balaban J connectivity index is 1.76. The molecule has 0 bridgehead atoms. The van der Waals surface area contributed by atoms with Gasteiger partial charge in [-0.15, -0.1) is 0 Å². The molecule has 0 saturated heterocycles. The topological polar surface area (TPSA) is 50.4 Å². The molecule has 25 heavy (non-hydrogen) atoms. The molecule has 4 nitrogen and oxygen atoms in total. The number of unbranched alkanes of at least 4 members (excludes halogenated alkanes) is 1. The first kappa shape index (κ1) is 18.3. The van der Waals surface area contributed by atoms with E-state index in [0.29, 0.717) is 17.9 Å². The largest absolute Gasteiger partial charge is 0.494 e. The van der Waals surface area contributed by atoms with Gasteiger partial charge in [-0.2, -0.15) is 0 Å². The number of anilines is 1. The molecule has 2 N–H and O–H groups in total. The van der Waals surface area contributed by atoms with E-state index in [2.05, 4.69) is 29.4 Å². The quantitative estimate of drug-likeness (QED) is 0.612. The molecular weight excluding hydrogens is 319 g/mol. The molecule has 0 spiro atoms. The lowest BCUT2D eigenvalue weighted by Gasteiger charge is -2.08. The SMILES string of the molecule is CCCCOc1ccc(NC(=O)NCC#Cc2ccccc2F)cc1. The molecule has 0 saturated carbocycles. The third-order valence-corrected chi connectivity index (χ3v) is 3.31. The molecule has 2 rings (SSSR count). The lowest BCUT2D eigenvalue weighted by Crippen LogP contribution is -2.28. The van der Waals surface area contributed by atoms with Gasteiger partial charge in [0.25, 0.3) is 0 Å². The zero-order chi connectivity index (χ0) is 17.9. The van der Waals surface area contributed by atoms with Gasteiger partial charge in [-0.25, -0.2) is 9.18 Å². The Bertz CT molecular complexity index is 748. The highest BCUT2D eigenvalue weighted by Gasteiger charge is 2.01. The summed E-state index contributed by atoms with van der Waals surface area (Å²) >= 11 is 0. The third kappa shape index (κ3) is 6.56. The van der Waals surface area contributed by atoms with Crippen molar-refractivity contribution in [3.05, 3.63) is 59.9 Å². The van der Waals surface area contributed by atoms with Crippen LogP contribution in [0.1, 0.15) is 25.3 Å². The van der Waals surface area contributed by atoms with Gasteiger partial charge >= 0.3 is 6.03 Å². The van der Waals surface area contributed by atoms with E-state index >= 15 is 0 Å². The monoisotopic (exact) mass is 340 g/mol. The smallest absolute Gasteiger partial charge is 0.319 e. The van der Waals surface area contributed by atoms with Crippen LogP contribution in [-0.2, 0) is 0 Å². The standard InChI is InChI=1S/C20H21FN2O2/c1-2-3-15-25-18-12-10-17(11-13-18)23-20(24)22-14-6-8-16-7-4-5-9-19(16)21/h4-5,7,9-13H,2-3,14-15H2,1H3,(H2,22,23,24). The van der Waals surface area contributed by atoms with E-state index in [0.717, 1.165) is 18.6 Å². The Morgan fingerprint density at radius 3 is 2.64 bits per heavy atom. The van der Waals surface area contributed by atoms with Gasteiger partial charge in [-0.3, -0.25) is 0 Å². The molecule has 130 valence electrons.